The van der Waals surface area contributed by atoms with E-state index in [2.05, 4.69) is 9.97 Å². The largest absolute Gasteiger partial charge is 0.255 e. The summed E-state index contributed by atoms with van der Waals surface area (Å²) in [7, 11) is 0. The van der Waals surface area contributed by atoms with E-state index in [0.717, 1.165) is 6.20 Å². The van der Waals surface area contributed by atoms with Crippen LogP contribution in [0.4, 0.5) is 0 Å². The zero-order valence-corrected chi connectivity index (χ0v) is 7.13. The summed E-state index contributed by atoms with van der Waals surface area (Å²) in [5.74, 6) is 0. The van der Waals surface area contributed by atoms with Gasteiger partial charge in [0.25, 0.3) is 0 Å². The predicted octanol–water partition coefficient (Wildman–Crippen LogP) is 2.79. The van der Waals surface area contributed by atoms with Gasteiger partial charge in [-0.2, -0.15) is 0 Å². The second-order valence-corrected chi connectivity index (χ2v) is 2.42. The molecule has 2 nitrogen and oxygen atoms in total. The van der Waals surface area contributed by atoms with Crippen LogP contribution >= 0.6 is 0 Å². The highest BCUT2D eigenvalue weighted by Crippen LogP contribution is 2.18. The molecule has 2 rings (SSSR count). The fourth-order valence-corrected chi connectivity index (χ4v) is 0.995. The van der Waals surface area contributed by atoms with Crippen LogP contribution in [0.1, 0.15) is 15.2 Å². The second-order valence-electron chi connectivity index (χ2n) is 2.42. The average molecular weight is 189 g/mol. The van der Waals surface area contributed by atoms with Crippen molar-refractivity contribution in [2.75, 3.05) is 0 Å². The molecule has 0 aliphatic rings. The molecule has 0 N–H and O–H groups in total. The maximum absolute atomic E-state index is 7.85. The predicted molar refractivity (Wildman–Crippen MR) is 57.6 cm³/mol. The lowest BCUT2D eigenvalue weighted by Crippen LogP contribution is -1.89. The van der Waals surface area contributed by atoms with Crippen molar-refractivity contribution in [2.24, 2.45) is 0 Å². The van der Waals surface area contributed by atoms with Gasteiger partial charge in [-0.1, -0.05) is 24.7 Å². The lowest BCUT2D eigenvalue weighted by Gasteiger charge is -2.02. The van der Waals surface area contributed by atoms with Crippen LogP contribution in [0.2, 0.25) is 0 Å². The minimum absolute atomic E-state index is 0.0111. The van der Waals surface area contributed by atoms with Crippen molar-refractivity contribution >= 4 is 6.05 Å². The van der Waals surface area contributed by atoms with Crippen LogP contribution in [0.15, 0.2) is 49.2 Å². The van der Waals surface area contributed by atoms with Gasteiger partial charge in [0.15, 0.2) is 0 Å². The molecule has 0 radical (unpaired) electrons. The molecule has 0 bridgehead atoms. The molecule has 0 saturated carbocycles. The quantitative estimate of drug-likeness (QED) is 0.726. The standard InChI is InChI=1S/C12H10N2/c1-2-10-6-5-9-14-12(10)11-7-3-4-8-13-11/h2-9H,1H2/i1D,2D,3D,4D,5D,6D,9D. The highest BCUT2D eigenvalue weighted by atomic mass is 14.8. The summed E-state index contributed by atoms with van der Waals surface area (Å²) >= 11 is 0. The first-order chi connectivity index (χ1) is 9.86. The minimum atomic E-state index is -0.445. The van der Waals surface area contributed by atoms with Crippen LogP contribution in [0.25, 0.3) is 17.4 Å². The Morgan fingerprint density at radius 2 is 2.43 bits per heavy atom. The molecular weight excluding hydrogens is 172 g/mol. The van der Waals surface area contributed by atoms with Crippen LogP contribution < -0.4 is 0 Å². The molecule has 0 atom stereocenters. The number of rotatable bonds is 2. The lowest BCUT2D eigenvalue weighted by atomic mass is 10.1. The first kappa shape index (κ1) is 3.65. The van der Waals surface area contributed by atoms with Crippen molar-refractivity contribution in [3.63, 3.8) is 0 Å². The summed E-state index contributed by atoms with van der Waals surface area (Å²) < 4.78 is 52.9. The summed E-state index contributed by atoms with van der Waals surface area (Å²) in [6, 6.07) is -0.114. The lowest BCUT2D eigenvalue weighted by molar-refractivity contribution is 1.24. The van der Waals surface area contributed by atoms with Crippen LogP contribution in [0, 0.1) is 0 Å². The maximum atomic E-state index is 7.85. The summed E-state index contributed by atoms with van der Waals surface area (Å²) in [6.45, 7) is 0.710. The first-order valence-electron chi connectivity index (χ1n) is 7.41. The van der Waals surface area contributed by atoms with Gasteiger partial charge in [-0.05, 0) is 18.2 Å². The van der Waals surface area contributed by atoms with E-state index in [1.807, 2.05) is 0 Å². The van der Waals surface area contributed by atoms with E-state index in [1.165, 1.54) is 6.07 Å². The van der Waals surface area contributed by atoms with Gasteiger partial charge in [0.2, 0.25) is 0 Å². The zero-order chi connectivity index (χ0) is 15.7. The Kier molecular flexibility index (Phi) is 1.00. The molecule has 0 fully saturated rings. The van der Waals surface area contributed by atoms with E-state index in [9.17, 15) is 0 Å². The van der Waals surface area contributed by atoms with E-state index in [1.54, 1.807) is 0 Å². The monoisotopic (exact) mass is 189 g/mol. The molecule has 2 heterocycles. The molecule has 0 amide bonds. The highest BCUT2D eigenvalue weighted by Gasteiger charge is 2.02. The van der Waals surface area contributed by atoms with Crippen molar-refractivity contribution in [2.45, 2.75) is 0 Å². The number of hydrogen-bond donors (Lipinski definition) is 0. The average Bonchev–Trinajstić information content (AvgIpc) is 2.46. The maximum Gasteiger partial charge on any atom is 0.0958 e. The van der Waals surface area contributed by atoms with Gasteiger partial charge in [0, 0.05) is 17.9 Å². The minimum Gasteiger partial charge on any atom is -0.255 e. The van der Waals surface area contributed by atoms with Gasteiger partial charge in [-0.3, -0.25) is 9.97 Å². The van der Waals surface area contributed by atoms with E-state index >= 15 is 0 Å². The Bertz CT molecular complexity index is 743. The van der Waals surface area contributed by atoms with E-state index in [0.29, 0.717) is 6.55 Å². The van der Waals surface area contributed by atoms with Crippen LogP contribution in [0.3, 0.4) is 0 Å². The Morgan fingerprint density at radius 3 is 3.29 bits per heavy atom. The molecule has 2 aromatic rings. The van der Waals surface area contributed by atoms with E-state index in [-0.39, 0.29) is 41.1 Å². The van der Waals surface area contributed by atoms with Gasteiger partial charge in [-0.15, -0.1) is 0 Å². The Labute approximate surface area is 92.8 Å². The third-order valence-electron chi connectivity index (χ3n) is 1.60. The third kappa shape index (κ3) is 1.55. The van der Waals surface area contributed by atoms with Crippen molar-refractivity contribution in [3.8, 4) is 11.4 Å². The fourth-order valence-electron chi connectivity index (χ4n) is 0.995. The van der Waals surface area contributed by atoms with Crippen molar-refractivity contribution in [3.05, 3.63) is 54.7 Å². The summed E-state index contributed by atoms with van der Waals surface area (Å²) in [5, 5.41) is 0. The van der Waals surface area contributed by atoms with Gasteiger partial charge in [0.05, 0.1) is 21.0 Å². The van der Waals surface area contributed by atoms with Crippen molar-refractivity contribution < 1.29 is 9.60 Å². The number of pyridine rings is 2. The molecule has 0 aliphatic carbocycles. The van der Waals surface area contributed by atoms with E-state index in [4.69, 9.17) is 9.60 Å². The topological polar surface area (TPSA) is 25.8 Å². The van der Waals surface area contributed by atoms with E-state index < -0.39 is 12.2 Å². The Balaban J connectivity index is 2.81. The fraction of sp³-hybridized carbons (Fsp3) is 0. The van der Waals surface area contributed by atoms with Crippen molar-refractivity contribution in [1.82, 2.24) is 9.97 Å². The van der Waals surface area contributed by atoms with Gasteiger partial charge in [0.1, 0.15) is 0 Å². The molecule has 0 aromatic carbocycles. The Morgan fingerprint density at radius 1 is 1.43 bits per heavy atom. The molecule has 0 saturated heterocycles. The molecule has 68 valence electrons. The van der Waals surface area contributed by atoms with Gasteiger partial charge in [-0.25, -0.2) is 0 Å². The Hall–Kier alpha value is -1.96. The SMILES string of the molecule is [2H]C=C([2H])c1c(-c2cc([2H])c([2H])cn2)nc([2H])c([2H])c1[2H]. The molecular formula is C12H10N2. The van der Waals surface area contributed by atoms with Gasteiger partial charge < -0.3 is 0 Å². The number of aromatic nitrogens is 2. The molecule has 2 aromatic heterocycles. The summed E-state index contributed by atoms with van der Waals surface area (Å²) in [6.07, 6.45) is 0.693. The highest BCUT2D eigenvalue weighted by molar-refractivity contribution is 5.68. The normalized spacial score (nSPS) is 18.3. The summed E-state index contributed by atoms with van der Waals surface area (Å²) in [4.78, 5) is 7.78. The molecule has 0 spiro atoms. The van der Waals surface area contributed by atoms with Crippen LogP contribution in [-0.2, 0) is 0 Å². The number of nitrogens with zero attached hydrogens (tertiary/aromatic N) is 2. The summed E-state index contributed by atoms with van der Waals surface area (Å²) in [5.41, 5.74) is 0.0261. The molecule has 0 unspecified atom stereocenters. The van der Waals surface area contributed by atoms with Crippen LogP contribution in [-0.4, -0.2) is 9.97 Å². The molecule has 14 heavy (non-hydrogen) atoms. The molecule has 2 heteroatoms. The van der Waals surface area contributed by atoms with Gasteiger partial charge >= 0.3 is 0 Å². The van der Waals surface area contributed by atoms with Crippen molar-refractivity contribution in [1.29, 1.82) is 0 Å². The molecule has 0 aliphatic heterocycles. The smallest absolute Gasteiger partial charge is 0.0958 e. The number of hydrogen-bond acceptors (Lipinski definition) is 2. The first-order valence-corrected chi connectivity index (χ1v) is 3.83. The second kappa shape index (κ2) is 3.83. The third-order valence-corrected chi connectivity index (χ3v) is 1.60. The zero-order valence-electron chi connectivity index (χ0n) is 14.1. The van der Waals surface area contributed by atoms with Crippen LogP contribution in [0.5, 0.6) is 0 Å².